The number of hydrogen-bond acceptors (Lipinski definition) is 2. The van der Waals surface area contributed by atoms with Crippen LogP contribution in [0.5, 0.6) is 0 Å². The van der Waals surface area contributed by atoms with Gasteiger partial charge >= 0.3 is 0 Å². The molecule has 0 spiro atoms. The van der Waals surface area contributed by atoms with Gasteiger partial charge in [0.15, 0.2) is 0 Å². The van der Waals surface area contributed by atoms with E-state index in [-0.39, 0.29) is 0 Å². The zero-order valence-electron chi connectivity index (χ0n) is 35.0. The van der Waals surface area contributed by atoms with E-state index in [1.807, 2.05) is 0 Å². The molecular weight excluding hydrogens is 749 g/mol. The second-order valence-electron chi connectivity index (χ2n) is 16.3. The largest absolute Gasteiger partial charge is 0.314 e. The molecule has 0 heterocycles. The molecule has 10 rings (SSSR count). The number of allylic oxidation sites excluding steroid dienone is 11. The molecule has 0 aromatic heterocycles. The van der Waals surface area contributed by atoms with Crippen molar-refractivity contribution in [2.24, 2.45) is 0 Å². The highest BCUT2D eigenvalue weighted by Crippen LogP contribution is 2.41. The van der Waals surface area contributed by atoms with Gasteiger partial charge in [0.05, 0.1) is 0 Å². The monoisotopic (exact) mass is 798 g/mol. The molecule has 2 nitrogen and oxygen atoms in total. The zero-order chi connectivity index (χ0) is 41.5. The summed E-state index contributed by atoms with van der Waals surface area (Å²) in [5.41, 5.74) is 18.5. The fourth-order valence-corrected chi connectivity index (χ4v) is 9.07. The molecule has 1 unspecified atom stereocenters. The predicted octanol–water partition coefficient (Wildman–Crippen LogP) is 16.4. The minimum absolute atomic E-state index is 0.314. The number of benzene rings is 7. The minimum atomic E-state index is 0.314. The Bertz CT molecular complexity index is 2820. The molecular formula is C60H50N2. The third-order valence-electron chi connectivity index (χ3n) is 12.3. The third-order valence-corrected chi connectivity index (χ3v) is 12.3. The molecule has 0 saturated heterocycles. The molecule has 7 aromatic rings. The predicted molar refractivity (Wildman–Crippen MR) is 264 cm³/mol. The minimum Gasteiger partial charge on any atom is -0.314 e. The first-order chi connectivity index (χ1) is 30.7. The highest BCUT2D eigenvalue weighted by atomic mass is 15.2. The van der Waals surface area contributed by atoms with E-state index < -0.39 is 0 Å². The Morgan fingerprint density at radius 3 is 1.61 bits per heavy atom. The van der Waals surface area contributed by atoms with Crippen LogP contribution in [0.15, 0.2) is 248 Å². The fourth-order valence-electron chi connectivity index (χ4n) is 9.07. The Balaban J connectivity index is 0.968. The number of rotatable bonds is 11. The second-order valence-corrected chi connectivity index (χ2v) is 16.3. The first-order valence-electron chi connectivity index (χ1n) is 22.1. The van der Waals surface area contributed by atoms with E-state index in [9.17, 15) is 0 Å². The molecule has 300 valence electrons. The molecule has 7 aromatic carbocycles. The van der Waals surface area contributed by atoms with Crippen LogP contribution < -0.4 is 9.80 Å². The first kappa shape index (κ1) is 38.8. The van der Waals surface area contributed by atoms with Crippen molar-refractivity contribution < 1.29 is 0 Å². The molecule has 0 aliphatic heterocycles. The van der Waals surface area contributed by atoms with Crippen LogP contribution >= 0.6 is 0 Å². The molecule has 0 radical (unpaired) electrons. The first-order valence-corrected chi connectivity index (χ1v) is 22.1. The highest BCUT2D eigenvalue weighted by Gasteiger charge is 2.22. The van der Waals surface area contributed by atoms with Crippen molar-refractivity contribution in [2.45, 2.75) is 38.0 Å². The molecule has 3 aliphatic rings. The molecule has 0 saturated carbocycles. The zero-order valence-corrected chi connectivity index (χ0v) is 35.0. The van der Waals surface area contributed by atoms with Gasteiger partial charge < -0.3 is 9.80 Å². The lowest BCUT2D eigenvalue weighted by molar-refractivity contribution is 0.837. The van der Waals surface area contributed by atoms with Gasteiger partial charge in [-0.05, 0) is 143 Å². The Morgan fingerprint density at radius 1 is 0.403 bits per heavy atom. The van der Waals surface area contributed by atoms with Gasteiger partial charge in [0.1, 0.15) is 0 Å². The Labute approximate surface area is 367 Å². The van der Waals surface area contributed by atoms with E-state index in [1.165, 1.54) is 72.9 Å². The van der Waals surface area contributed by atoms with Crippen LogP contribution in [0, 0.1) is 0 Å². The maximum atomic E-state index is 2.44. The molecule has 0 fully saturated rings. The van der Waals surface area contributed by atoms with Gasteiger partial charge in [-0.3, -0.25) is 0 Å². The number of nitrogens with zero attached hydrogens (tertiary/aromatic N) is 2. The van der Waals surface area contributed by atoms with Crippen molar-refractivity contribution in [3.63, 3.8) is 0 Å². The third kappa shape index (κ3) is 8.46. The van der Waals surface area contributed by atoms with Crippen molar-refractivity contribution in [2.75, 3.05) is 9.80 Å². The standard InChI is InChI=1S/C60H50N2/c1-5-15-45(16-6-1)49-27-35-55(36-28-49)61(56-37-29-50(30-38-56)46-17-7-2-8-18-46)57-39-31-51(32-40-57)52-33-41-58(42-34-52)62(59-25-13-23-53(43-59)47-19-9-3-10-20-47)60-26-14-24-54(44-60)48-21-11-4-12-22-48/h1,3-7,9-23,25-31,33-39,41-44,54H,2,8,24,32,40H2. The summed E-state index contributed by atoms with van der Waals surface area (Å²) in [6, 6.07) is 68.5. The topological polar surface area (TPSA) is 6.48 Å². The maximum absolute atomic E-state index is 2.44. The quantitative estimate of drug-likeness (QED) is 0.129. The maximum Gasteiger partial charge on any atom is 0.0467 e. The summed E-state index contributed by atoms with van der Waals surface area (Å²) in [5, 5.41) is 0. The lowest BCUT2D eigenvalue weighted by Crippen LogP contribution is -2.18. The van der Waals surface area contributed by atoms with E-state index in [2.05, 4.69) is 246 Å². The Morgan fingerprint density at radius 2 is 0.984 bits per heavy atom. The van der Waals surface area contributed by atoms with E-state index >= 15 is 0 Å². The van der Waals surface area contributed by atoms with Crippen LogP contribution in [-0.2, 0) is 0 Å². The average Bonchev–Trinajstić information content (AvgIpc) is 3.36. The van der Waals surface area contributed by atoms with Crippen LogP contribution in [0.1, 0.15) is 54.7 Å². The molecule has 0 bridgehead atoms. The fraction of sp³-hybridized carbons (Fsp3) is 0.100. The SMILES string of the molecule is C1=CC(c2ccc(N(C3=CC=C(c4ccc(N(C5=CC(c6ccccc6)CC=C5)c5cccc(-c6ccccc6)c5)cc4)CC3)c3ccc(-c4ccccc4)cc3)cc2)=CCC1. The van der Waals surface area contributed by atoms with Gasteiger partial charge in [-0.25, -0.2) is 0 Å². The summed E-state index contributed by atoms with van der Waals surface area (Å²) >= 11 is 0. The van der Waals surface area contributed by atoms with Crippen molar-refractivity contribution in [3.05, 3.63) is 265 Å². The van der Waals surface area contributed by atoms with Crippen LogP contribution in [0.3, 0.4) is 0 Å². The number of anilines is 4. The second kappa shape index (κ2) is 18.1. The van der Waals surface area contributed by atoms with Crippen molar-refractivity contribution in [3.8, 4) is 22.3 Å². The van der Waals surface area contributed by atoms with Gasteiger partial charge in [-0.1, -0.05) is 176 Å². The normalized spacial score (nSPS) is 15.8. The van der Waals surface area contributed by atoms with Gasteiger partial charge in [0.25, 0.3) is 0 Å². The van der Waals surface area contributed by atoms with Crippen molar-refractivity contribution in [1.82, 2.24) is 0 Å². The molecule has 1 atom stereocenters. The van der Waals surface area contributed by atoms with Crippen molar-refractivity contribution >= 4 is 33.9 Å². The lowest BCUT2D eigenvalue weighted by atomic mass is 9.91. The van der Waals surface area contributed by atoms with Gasteiger partial charge in [-0.2, -0.15) is 0 Å². The summed E-state index contributed by atoms with van der Waals surface area (Å²) in [4.78, 5) is 4.86. The summed E-state index contributed by atoms with van der Waals surface area (Å²) in [6.07, 6.45) is 23.7. The van der Waals surface area contributed by atoms with Gasteiger partial charge in [0.2, 0.25) is 0 Å². The smallest absolute Gasteiger partial charge is 0.0467 e. The van der Waals surface area contributed by atoms with E-state index in [4.69, 9.17) is 0 Å². The van der Waals surface area contributed by atoms with Gasteiger partial charge in [0, 0.05) is 40.1 Å². The molecule has 0 N–H and O–H groups in total. The van der Waals surface area contributed by atoms with E-state index in [1.54, 1.807) is 0 Å². The Kier molecular flexibility index (Phi) is 11.3. The summed E-state index contributed by atoms with van der Waals surface area (Å²) in [5.74, 6) is 0.314. The molecule has 0 amide bonds. The van der Waals surface area contributed by atoms with E-state index in [0.29, 0.717) is 5.92 Å². The van der Waals surface area contributed by atoms with Crippen LogP contribution in [0.4, 0.5) is 22.7 Å². The number of hydrogen-bond donors (Lipinski definition) is 0. The molecule has 2 heteroatoms. The van der Waals surface area contributed by atoms with Gasteiger partial charge in [-0.15, -0.1) is 0 Å². The average molecular weight is 799 g/mol. The van der Waals surface area contributed by atoms with Crippen LogP contribution in [0.2, 0.25) is 0 Å². The summed E-state index contributed by atoms with van der Waals surface area (Å²) in [6.45, 7) is 0. The van der Waals surface area contributed by atoms with Crippen LogP contribution in [-0.4, -0.2) is 0 Å². The summed E-state index contributed by atoms with van der Waals surface area (Å²) in [7, 11) is 0. The van der Waals surface area contributed by atoms with Crippen molar-refractivity contribution in [1.29, 1.82) is 0 Å². The molecule has 62 heavy (non-hydrogen) atoms. The Hall–Kier alpha value is -7.42. The summed E-state index contributed by atoms with van der Waals surface area (Å²) < 4.78 is 0. The highest BCUT2D eigenvalue weighted by molar-refractivity contribution is 5.81. The van der Waals surface area contributed by atoms with E-state index in [0.717, 1.165) is 43.5 Å². The van der Waals surface area contributed by atoms with Crippen LogP contribution in [0.25, 0.3) is 33.4 Å². The lowest BCUT2D eigenvalue weighted by Gasteiger charge is -2.31. The molecule has 3 aliphatic carbocycles.